The first-order valence-corrected chi connectivity index (χ1v) is 5.23. The maximum Gasteiger partial charge on any atom is 0.154 e. The van der Waals surface area contributed by atoms with E-state index in [1.165, 1.54) is 6.04 Å². The average molecular weight is 175 g/mol. The van der Waals surface area contributed by atoms with Crippen LogP contribution in [0.3, 0.4) is 0 Å². The van der Waals surface area contributed by atoms with Crippen molar-refractivity contribution in [1.29, 1.82) is 0 Å². The maximum atomic E-state index is 5.35. The van der Waals surface area contributed by atoms with Crippen LogP contribution in [0.1, 0.15) is 6.42 Å². The minimum atomic E-state index is -0.0221. The van der Waals surface area contributed by atoms with Crippen molar-refractivity contribution in [3.63, 3.8) is 0 Å². The topological polar surface area (TPSA) is 44.5 Å². The quantitative estimate of drug-likeness (QED) is 0.348. The SMILES string of the molecule is COC(C[Si]CCCN)OC. The summed E-state index contributed by atoms with van der Waals surface area (Å²) in [6.45, 7) is 0.789. The fourth-order valence-electron chi connectivity index (χ4n) is 0.710. The van der Waals surface area contributed by atoms with E-state index in [0.29, 0.717) is 0 Å². The first kappa shape index (κ1) is 11.1. The fourth-order valence-corrected chi connectivity index (χ4v) is 1.94. The summed E-state index contributed by atoms with van der Waals surface area (Å²) in [6, 6.07) is 2.19. The van der Waals surface area contributed by atoms with Crippen LogP contribution in [-0.4, -0.2) is 36.6 Å². The Kier molecular flexibility index (Phi) is 8.27. The Morgan fingerprint density at radius 3 is 2.45 bits per heavy atom. The Balaban J connectivity index is 3.07. The third-order valence-electron chi connectivity index (χ3n) is 1.39. The van der Waals surface area contributed by atoms with Gasteiger partial charge < -0.3 is 15.2 Å². The second-order valence-electron chi connectivity index (χ2n) is 2.25. The molecule has 0 aromatic carbocycles. The fraction of sp³-hybridized carbons (Fsp3) is 1.00. The maximum absolute atomic E-state index is 5.35. The molecule has 4 heteroatoms. The molecule has 0 fully saturated rings. The molecule has 66 valence electrons. The van der Waals surface area contributed by atoms with Gasteiger partial charge in [-0.25, -0.2) is 0 Å². The van der Waals surface area contributed by atoms with Gasteiger partial charge in [0, 0.05) is 23.7 Å². The molecule has 3 nitrogen and oxygen atoms in total. The number of methoxy groups -OCH3 is 2. The van der Waals surface area contributed by atoms with Crippen LogP contribution in [-0.2, 0) is 9.47 Å². The molecule has 0 aromatic rings. The van der Waals surface area contributed by atoms with Crippen molar-refractivity contribution in [1.82, 2.24) is 0 Å². The highest BCUT2D eigenvalue weighted by molar-refractivity contribution is 6.35. The van der Waals surface area contributed by atoms with Gasteiger partial charge in [-0.3, -0.25) is 0 Å². The first-order chi connectivity index (χ1) is 5.35. The van der Waals surface area contributed by atoms with E-state index in [9.17, 15) is 0 Å². The summed E-state index contributed by atoms with van der Waals surface area (Å²) in [5.74, 6) is 0. The van der Waals surface area contributed by atoms with Gasteiger partial charge in [0.2, 0.25) is 0 Å². The van der Waals surface area contributed by atoms with E-state index in [4.69, 9.17) is 15.2 Å². The molecule has 0 amide bonds. The molecule has 0 aliphatic carbocycles. The monoisotopic (exact) mass is 175 g/mol. The van der Waals surface area contributed by atoms with Crippen LogP contribution in [0.25, 0.3) is 0 Å². The highest BCUT2D eigenvalue weighted by atomic mass is 28.2. The molecular weight excluding hydrogens is 158 g/mol. The lowest BCUT2D eigenvalue weighted by Gasteiger charge is -2.11. The number of rotatable bonds is 7. The molecule has 0 aliphatic rings. The number of ether oxygens (including phenoxy) is 2. The molecule has 0 aliphatic heterocycles. The third kappa shape index (κ3) is 6.49. The van der Waals surface area contributed by atoms with Gasteiger partial charge in [0.05, 0.1) is 0 Å². The van der Waals surface area contributed by atoms with E-state index >= 15 is 0 Å². The minimum absolute atomic E-state index is 0.0221. The Bertz CT molecular complexity index is 78.8. The van der Waals surface area contributed by atoms with Crippen LogP contribution in [0, 0.1) is 0 Å². The zero-order valence-electron chi connectivity index (χ0n) is 7.30. The standard InChI is InChI=1S/C7H17NO2Si/c1-9-7(10-2)6-11-5-3-4-8/h7H,3-6,8H2,1-2H3. The summed E-state index contributed by atoms with van der Waals surface area (Å²) in [7, 11) is 4.24. The Morgan fingerprint density at radius 1 is 1.36 bits per heavy atom. The Morgan fingerprint density at radius 2 is 2.00 bits per heavy atom. The first-order valence-electron chi connectivity index (χ1n) is 3.81. The van der Waals surface area contributed by atoms with E-state index in [-0.39, 0.29) is 6.29 Å². The smallest absolute Gasteiger partial charge is 0.154 e. The molecule has 0 atom stereocenters. The van der Waals surface area contributed by atoms with Gasteiger partial charge in [0.25, 0.3) is 0 Å². The van der Waals surface area contributed by atoms with Crippen molar-refractivity contribution in [3.8, 4) is 0 Å². The van der Waals surface area contributed by atoms with E-state index in [1.807, 2.05) is 0 Å². The molecular formula is C7H17NO2Si. The summed E-state index contributed by atoms with van der Waals surface area (Å²) in [5, 5.41) is 0. The molecule has 0 spiro atoms. The van der Waals surface area contributed by atoms with Crippen molar-refractivity contribution in [2.75, 3.05) is 20.8 Å². The van der Waals surface area contributed by atoms with Crippen LogP contribution in [0.4, 0.5) is 0 Å². The van der Waals surface area contributed by atoms with Gasteiger partial charge >= 0.3 is 0 Å². The molecule has 0 rings (SSSR count). The van der Waals surface area contributed by atoms with Gasteiger partial charge in [-0.05, 0) is 19.0 Å². The second kappa shape index (κ2) is 8.20. The van der Waals surface area contributed by atoms with E-state index < -0.39 is 0 Å². The molecule has 0 heterocycles. The number of nitrogens with two attached hydrogens (primary N) is 1. The highest BCUT2D eigenvalue weighted by Crippen LogP contribution is 2.00. The molecule has 2 radical (unpaired) electrons. The van der Waals surface area contributed by atoms with Gasteiger partial charge in [-0.2, -0.15) is 0 Å². The molecule has 11 heavy (non-hydrogen) atoms. The lowest BCUT2D eigenvalue weighted by atomic mass is 10.5. The van der Waals surface area contributed by atoms with Crippen molar-refractivity contribution < 1.29 is 9.47 Å². The molecule has 0 aromatic heterocycles. The Labute approximate surface area is 71.1 Å². The zero-order valence-corrected chi connectivity index (χ0v) is 8.30. The highest BCUT2D eigenvalue weighted by Gasteiger charge is 2.03. The van der Waals surface area contributed by atoms with Crippen LogP contribution in [0.15, 0.2) is 0 Å². The van der Waals surface area contributed by atoms with Gasteiger partial charge in [0.15, 0.2) is 6.29 Å². The third-order valence-corrected chi connectivity index (χ3v) is 2.72. The van der Waals surface area contributed by atoms with Gasteiger partial charge in [0.1, 0.15) is 0 Å². The summed E-state index contributed by atoms with van der Waals surface area (Å²) in [6.07, 6.45) is 1.09. The van der Waals surface area contributed by atoms with E-state index in [2.05, 4.69) is 0 Å². The predicted molar refractivity (Wildman–Crippen MR) is 46.8 cm³/mol. The molecule has 0 bridgehead atoms. The predicted octanol–water partition coefficient (Wildman–Crippen LogP) is 0.495. The van der Waals surface area contributed by atoms with Gasteiger partial charge in [-0.15, -0.1) is 0 Å². The molecule has 0 saturated heterocycles. The summed E-state index contributed by atoms with van der Waals surface area (Å²) in [5.41, 5.74) is 5.35. The van der Waals surface area contributed by atoms with E-state index in [0.717, 1.165) is 28.5 Å². The van der Waals surface area contributed by atoms with Crippen molar-refractivity contribution in [2.45, 2.75) is 24.8 Å². The normalized spacial score (nSPS) is 10.9. The number of hydrogen-bond acceptors (Lipinski definition) is 3. The van der Waals surface area contributed by atoms with Crippen molar-refractivity contribution >= 4 is 9.52 Å². The summed E-state index contributed by atoms with van der Waals surface area (Å²) >= 11 is 0. The summed E-state index contributed by atoms with van der Waals surface area (Å²) in [4.78, 5) is 0. The zero-order chi connectivity index (χ0) is 8.53. The lowest BCUT2D eigenvalue weighted by molar-refractivity contribution is -0.0876. The molecule has 0 unspecified atom stereocenters. The van der Waals surface area contributed by atoms with Gasteiger partial charge in [-0.1, -0.05) is 6.04 Å². The van der Waals surface area contributed by atoms with Crippen LogP contribution >= 0.6 is 0 Å². The second-order valence-corrected chi connectivity index (χ2v) is 3.66. The average Bonchev–Trinajstić information content (AvgIpc) is 2.05. The number of hydrogen-bond donors (Lipinski definition) is 1. The van der Waals surface area contributed by atoms with Crippen molar-refractivity contribution in [3.05, 3.63) is 0 Å². The molecule has 0 saturated carbocycles. The lowest BCUT2D eigenvalue weighted by Crippen LogP contribution is -2.15. The van der Waals surface area contributed by atoms with Crippen LogP contribution < -0.4 is 5.73 Å². The Hall–Kier alpha value is 0.0969. The summed E-state index contributed by atoms with van der Waals surface area (Å²) < 4.78 is 10.1. The van der Waals surface area contributed by atoms with E-state index in [1.54, 1.807) is 14.2 Å². The van der Waals surface area contributed by atoms with Crippen molar-refractivity contribution in [2.24, 2.45) is 5.73 Å². The largest absolute Gasteiger partial charge is 0.356 e. The molecule has 2 N–H and O–H groups in total. The van der Waals surface area contributed by atoms with Crippen LogP contribution in [0.5, 0.6) is 0 Å². The minimum Gasteiger partial charge on any atom is -0.356 e. The van der Waals surface area contributed by atoms with Crippen LogP contribution in [0.2, 0.25) is 12.1 Å².